The molecular weight excluding hydrogens is 152 g/mol. The molecule has 2 N–H and O–H groups in total. The topological polar surface area (TPSA) is 45.1 Å². The van der Waals surface area contributed by atoms with Gasteiger partial charge in [0.05, 0.1) is 18.3 Å². The van der Waals surface area contributed by atoms with Gasteiger partial charge in [-0.05, 0) is 18.7 Å². The van der Waals surface area contributed by atoms with Gasteiger partial charge in [-0.1, -0.05) is 13.0 Å². The summed E-state index contributed by atoms with van der Waals surface area (Å²) in [5.74, 6) is 0. The predicted molar refractivity (Wildman–Crippen MR) is 47.7 cm³/mol. The average molecular weight is 166 g/mol. The molecule has 12 heavy (non-hydrogen) atoms. The van der Waals surface area contributed by atoms with E-state index in [1.165, 1.54) is 0 Å². The summed E-state index contributed by atoms with van der Waals surface area (Å²) in [7, 11) is 0. The van der Waals surface area contributed by atoms with E-state index < -0.39 is 0 Å². The number of hydrogen-bond acceptors (Lipinski definition) is 3. The van der Waals surface area contributed by atoms with Crippen LogP contribution in [-0.4, -0.2) is 23.2 Å². The molecule has 66 valence electrons. The molecule has 0 saturated heterocycles. The second-order valence-corrected chi connectivity index (χ2v) is 2.55. The maximum Gasteiger partial charge on any atom is 0.0729 e. The fraction of sp³-hybridized carbons (Fsp3) is 0.444. The monoisotopic (exact) mass is 166 g/mol. The van der Waals surface area contributed by atoms with Crippen LogP contribution in [0.1, 0.15) is 18.7 Å². The van der Waals surface area contributed by atoms with Gasteiger partial charge in [0.15, 0.2) is 0 Å². The lowest BCUT2D eigenvalue weighted by molar-refractivity contribution is 0.244. The molecule has 0 aliphatic heterocycles. The van der Waals surface area contributed by atoms with Gasteiger partial charge in [0, 0.05) is 6.20 Å². The predicted octanol–water partition coefficient (Wildman–Crippen LogP) is 0.724. The average Bonchev–Trinajstić information content (AvgIpc) is 2.15. The van der Waals surface area contributed by atoms with Gasteiger partial charge in [-0.15, -0.1) is 0 Å². The van der Waals surface area contributed by atoms with Crippen molar-refractivity contribution in [3.05, 3.63) is 30.1 Å². The molecule has 3 heteroatoms. The summed E-state index contributed by atoms with van der Waals surface area (Å²) in [6, 6.07) is 5.66. The molecule has 0 aliphatic carbocycles. The van der Waals surface area contributed by atoms with E-state index in [0.717, 1.165) is 12.2 Å². The molecule has 0 saturated carbocycles. The van der Waals surface area contributed by atoms with Crippen LogP contribution < -0.4 is 5.32 Å². The van der Waals surface area contributed by atoms with E-state index >= 15 is 0 Å². The van der Waals surface area contributed by atoms with Crippen LogP contribution in [0.5, 0.6) is 0 Å². The number of nitrogens with zero attached hydrogens (tertiary/aromatic N) is 1. The van der Waals surface area contributed by atoms with Crippen molar-refractivity contribution in [2.45, 2.75) is 13.0 Å². The molecule has 1 atom stereocenters. The van der Waals surface area contributed by atoms with E-state index in [1.807, 2.05) is 25.1 Å². The Labute approximate surface area is 72.5 Å². The zero-order valence-electron chi connectivity index (χ0n) is 7.20. The maximum atomic E-state index is 9.01. The van der Waals surface area contributed by atoms with Crippen LogP contribution in [0.3, 0.4) is 0 Å². The lowest BCUT2D eigenvalue weighted by atomic mass is 10.2. The third-order valence-corrected chi connectivity index (χ3v) is 1.68. The standard InChI is InChI=1S/C9H14N2O/c1-2-10-9(7-12)8-5-3-4-6-11-8/h3-6,9-10,12H,2,7H2,1H3/t9-/m1/s1. The first-order valence-corrected chi connectivity index (χ1v) is 4.13. The molecule has 0 bridgehead atoms. The van der Waals surface area contributed by atoms with Crippen molar-refractivity contribution in [3.8, 4) is 0 Å². The smallest absolute Gasteiger partial charge is 0.0729 e. The SMILES string of the molecule is CCN[C@H](CO)c1ccccn1. The minimum atomic E-state index is -0.0313. The Hall–Kier alpha value is -0.930. The Morgan fingerprint density at radius 2 is 2.42 bits per heavy atom. The van der Waals surface area contributed by atoms with E-state index in [-0.39, 0.29) is 12.6 Å². The Bertz CT molecular complexity index is 213. The molecule has 0 fully saturated rings. The van der Waals surface area contributed by atoms with Crippen LogP contribution in [0.15, 0.2) is 24.4 Å². The molecule has 0 unspecified atom stereocenters. The number of pyridine rings is 1. The Kier molecular flexibility index (Phi) is 3.70. The summed E-state index contributed by atoms with van der Waals surface area (Å²) in [5, 5.41) is 12.1. The van der Waals surface area contributed by atoms with Crippen molar-refractivity contribution in [2.24, 2.45) is 0 Å². The molecule has 0 spiro atoms. The number of aromatic nitrogens is 1. The quantitative estimate of drug-likeness (QED) is 0.693. The summed E-state index contributed by atoms with van der Waals surface area (Å²) in [5.41, 5.74) is 0.891. The van der Waals surface area contributed by atoms with Crippen LogP contribution in [0.2, 0.25) is 0 Å². The number of aliphatic hydroxyl groups is 1. The van der Waals surface area contributed by atoms with Crippen molar-refractivity contribution in [1.82, 2.24) is 10.3 Å². The summed E-state index contributed by atoms with van der Waals surface area (Å²) in [6.45, 7) is 2.93. The second-order valence-electron chi connectivity index (χ2n) is 2.55. The zero-order valence-corrected chi connectivity index (χ0v) is 7.20. The molecule has 0 amide bonds. The van der Waals surface area contributed by atoms with Crippen LogP contribution in [0.4, 0.5) is 0 Å². The van der Waals surface area contributed by atoms with E-state index in [9.17, 15) is 0 Å². The Balaban J connectivity index is 2.66. The first-order chi connectivity index (χ1) is 5.88. The minimum absolute atomic E-state index is 0.0313. The van der Waals surface area contributed by atoms with Crippen molar-refractivity contribution in [2.75, 3.05) is 13.2 Å². The van der Waals surface area contributed by atoms with Gasteiger partial charge in [0.25, 0.3) is 0 Å². The highest BCUT2D eigenvalue weighted by atomic mass is 16.3. The van der Waals surface area contributed by atoms with E-state index in [0.29, 0.717) is 0 Å². The number of nitrogens with one attached hydrogen (secondary N) is 1. The minimum Gasteiger partial charge on any atom is -0.394 e. The van der Waals surface area contributed by atoms with Crippen molar-refractivity contribution < 1.29 is 5.11 Å². The molecule has 0 aromatic carbocycles. The summed E-state index contributed by atoms with van der Waals surface area (Å²) in [4.78, 5) is 4.15. The Morgan fingerprint density at radius 1 is 1.58 bits per heavy atom. The normalized spacial score (nSPS) is 12.8. The van der Waals surface area contributed by atoms with Gasteiger partial charge in [-0.3, -0.25) is 4.98 Å². The summed E-state index contributed by atoms with van der Waals surface area (Å²) >= 11 is 0. The molecule has 1 aromatic heterocycles. The van der Waals surface area contributed by atoms with Gasteiger partial charge in [0.2, 0.25) is 0 Å². The van der Waals surface area contributed by atoms with Gasteiger partial charge in [-0.25, -0.2) is 0 Å². The highest BCUT2D eigenvalue weighted by Crippen LogP contribution is 2.06. The number of likely N-dealkylation sites (N-methyl/N-ethyl adjacent to an activating group) is 1. The van der Waals surface area contributed by atoms with Crippen LogP contribution in [0.25, 0.3) is 0 Å². The van der Waals surface area contributed by atoms with Crippen molar-refractivity contribution in [3.63, 3.8) is 0 Å². The lowest BCUT2D eigenvalue weighted by Gasteiger charge is -2.13. The maximum absolute atomic E-state index is 9.01. The summed E-state index contributed by atoms with van der Waals surface area (Å²) < 4.78 is 0. The Morgan fingerprint density at radius 3 is 2.92 bits per heavy atom. The number of hydrogen-bond donors (Lipinski definition) is 2. The lowest BCUT2D eigenvalue weighted by Crippen LogP contribution is -2.24. The molecule has 0 aliphatic rings. The molecule has 1 aromatic rings. The fourth-order valence-electron chi connectivity index (χ4n) is 1.09. The van der Waals surface area contributed by atoms with E-state index in [4.69, 9.17) is 5.11 Å². The third-order valence-electron chi connectivity index (χ3n) is 1.68. The second kappa shape index (κ2) is 4.85. The molecule has 1 rings (SSSR count). The van der Waals surface area contributed by atoms with Gasteiger partial charge < -0.3 is 10.4 Å². The van der Waals surface area contributed by atoms with Gasteiger partial charge in [0.1, 0.15) is 0 Å². The first-order valence-electron chi connectivity index (χ1n) is 4.13. The largest absolute Gasteiger partial charge is 0.394 e. The molecular formula is C9H14N2O. The molecule has 3 nitrogen and oxygen atoms in total. The number of aliphatic hydroxyl groups excluding tert-OH is 1. The molecule has 1 heterocycles. The highest BCUT2D eigenvalue weighted by molar-refractivity contribution is 5.08. The zero-order chi connectivity index (χ0) is 8.81. The number of rotatable bonds is 4. The van der Waals surface area contributed by atoms with Crippen LogP contribution in [-0.2, 0) is 0 Å². The fourth-order valence-corrected chi connectivity index (χ4v) is 1.09. The molecule has 0 radical (unpaired) electrons. The van der Waals surface area contributed by atoms with Crippen molar-refractivity contribution >= 4 is 0 Å². The first kappa shape index (κ1) is 9.16. The van der Waals surface area contributed by atoms with Crippen molar-refractivity contribution in [1.29, 1.82) is 0 Å². The summed E-state index contributed by atoms with van der Waals surface area (Å²) in [6.07, 6.45) is 1.73. The van der Waals surface area contributed by atoms with E-state index in [1.54, 1.807) is 6.20 Å². The van der Waals surface area contributed by atoms with E-state index in [2.05, 4.69) is 10.3 Å². The highest BCUT2D eigenvalue weighted by Gasteiger charge is 2.07. The van der Waals surface area contributed by atoms with Crippen LogP contribution in [0, 0.1) is 0 Å². The third kappa shape index (κ3) is 2.29. The van der Waals surface area contributed by atoms with Gasteiger partial charge >= 0.3 is 0 Å². The van der Waals surface area contributed by atoms with Crippen LogP contribution >= 0.6 is 0 Å². The van der Waals surface area contributed by atoms with Gasteiger partial charge in [-0.2, -0.15) is 0 Å².